The molecule has 1 aromatic heterocycles. The summed E-state index contributed by atoms with van der Waals surface area (Å²) in [7, 11) is -1.89. The number of aromatic nitrogens is 2. The van der Waals surface area contributed by atoms with Gasteiger partial charge < -0.3 is 5.32 Å². The average molecular weight is 346 g/mol. The number of hydrogen-bond acceptors (Lipinski definition) is 4. The van der Waals surface area contributed by atoms with Gasteiger partial charge in [-0.3, -0.25) is 4.68 Å². The number of nitrogens with zero attached hydrogens (tertiary/aromatic N) is 3. The smallest absolute Gasteiger partial charge is 0.260 e. The number of rotatable bonds is 3. The standard InChI is InChI=1S/C17H22N4O2S/c1-12-8-16(20(2)19-12)24(22,23)21-11-14-9-18-10-15(14)17(21)13-6-4-3-5-7-13/h3-8,14-15,17-18H,9-11H2,1-2H3/t14-,15-,17+/m0/s1. The Bertz CT molecular complexity index is 847. The van der Waals surface area contributed by atoms with Crippen LogP contribution in [0.15, 0.2) is 41.4 Å². The van der Waals surface area contributed by atoms with E-state index >= 15 is 0 Å². The summed E-state index contributed by atoms with van der Waals surface area (Å²) in [5.74, 6) is 0.677. The van der Waals surface area contributed by atoms with Crippen molar-refractivity contribution in [3.05, 3.63) is 47.7 Å². The van der Waals surface area contributed by atoms with Crippen LogP contribution in [-0.2, 0) is 17.1 Å². The average Bonchev–Trinajstić information content (AvgIpc) is 3.22. The molecular formula is C17H22N4O2S. The molecule has 4 rings (SSSR count). The van der Waals surface area contributed by atoms with Gasteiger partial charge in [0.15, 0.2) is 5.03 Å². The number of nitrogens with one attached hydrogen (secondary N) is 1. The van der Waals surface area contributed by atoms with Crippen molar-refractivity contribution in [3.63, 3.8) is 0 Å². The maximum Gasteiger partial charge on any atom is 0.260 e. The normalized spacial score (nSPS) is 27.5. The first kappa shape index (κ1) is 15.8. The third-order valence-electron chi connectivity index (χ3n) is 5.20. The van der Waals surface area contributed by atoms with E-state index in [0.29, 0.717) is 24.1 Å². The summed E-state index contributed by atoms with van der Waals surface area (Å²) in [6, 6.07) is 11.5. The minimum absolute atomic E-state index is 0.119. The monoisotopic (exact) mass is 346 g/mol. The predicted molar refractivity (Wildman–Crippen MR) is 90.9 cm³/mol. The van der Waals surface area contributed by atoms with Crippen molar-refractivity contribution in [3.8, 4) is 0 Å². The third-order valence-corrected chi connectivity index (χ3v) is 7.10. The van der Waals surface area contributed by atoms with E-state index in [2.05, 4.69) is 10.4 Å². The highest BCUT2D eigenvalue weighted by atomic mass is 32.2. The van der Waals surface area contributed by atoms with Gasteiger partial charge in [0.25, 0.3) is 10.0 Å². The molecule has 6 nitrogen and oxygen atoms in total. The van der Waals surface area contributed by atoms with Crippen LogP contribution in [0.25, 0.3) is 0 Å². The number of benzene rings is 1. The van der Waals surface area contributed by atoms with E-state index in [-0.39, 0.29) is 11.1 Å². The molecule has 2 saturated heterocycles. The van der Waals surface area contributed by atoms with Crippen LogP contribution in [0, 0.1) is 18.8 Å². The summed E-state index contributed by atoms with van der Waals surface area (Å²) in [5, 5.41) is 7.90. The molecule has 0 unspecified atom stereocenters. The highest BCUT2D eigenvalue weighted by Gasteiger charge is 2.50. The SMILES string of the molecule is Cc1cc(S(=O)(=O)N2C[C@@H]3CNC[C@@H]3[C@H]2c2ccccc2)n(C)n1. The maximum atomic E-state index is 13.3. The van der Waals surface area contributed by atoms with Gasteiger partial charge in [-0.25, -0.2) is 8.42 Å². The molecule has 2 aliphatic heterocycles. The van der Waals surface area contributed by atoms with Gasteiger partial charge >= 0.3 is 0 Å². The van der Waals surface area contributed by atoms with Crippen molar-refractivity contribution in [2.75, 3.05) is 19.6 Å². The van der Waals surface area contributed by atoms with Gasteiger partial charge in [-0.05, 0) is 36.9 Å². The van der Waals surface area contributed by atoms with E-state index in [4.69, 9.17) is 0 Å². The van der Waals surface area contributed by atoms with E-state index in [1.807, 2.05) is 37.3 Å². The summed E-state index contributed by atoms with van der Waals surface area (Å²) < 4.78 is 29.8. The second-order valence-corrected chi connectivity index (χ2v) is 8.60. The fourth-order valence-electron chi connectivity index (χ4n) is 4.14. The van der Waals surface area contributed by atoms with E-state index < -0.39 is 10.0 Å². The van der Waals surface area contributed by atoms with Crippen LogP contribution in [0.2, 0.25) is 0 Å². The lowest BCUT2D eigenvalue weighted by atomic mass is 9.90. The van der Waals surface area contributed by atoms with Crippen LogP contribution in [0.4, 0.5) is 0 Å². The minimum atomic E-state index is -3.58. The first-order chi connectivity index (χ1) is 11.5. The Morgan fingerprint density at radius 1 is 1.21 bits per heavy atom. The topological polar surface area (TPSA) is 67.2 Å². The third kappa shape index (κ3) is 2.39. The molecule has 3 heterocycles. The highest BCUT2D eigenvalue weighted by Crippen LogP contribution is 2.45. The molecule has 0 bridgehead atoms. The molecule has 7 heteroatoms. The van der Waals surface area contributed by atoms with Gasteiger partial charge in [0.05, 0.1) is 11.7 Å². The van der Waals surface area contributed by atoms with E-state index in [1.54, 1.807) is 17.4 Å². The number of hydrogen-bond donors (Lipinski definition) is 1. The van der Waals surface area contributed by atoms with E-state index in [9.17, 15) is 8.42 Å². The van der Waals surface area contributed by atoms with Crippen molar-refractivity contribution in [2.45, 2.75) is 18.0 Å². The van der Waals surface area contributed by atoms with Crippen LogP contribution in [-0.4, -0.2) is 42.1 Å². The van der Waals surface area contributed by atoms with Gasteiger partial charge in [0.2, 0.25) is 0 Å². The molecule has 0 aliphatic carbocycles. The quantitative estimate of drug-likeness (QED) is 0.910. The van der Waals surface area contributed by atoms with Crippen molar-refractivity contribution >= 4 is 10.0 Å². The summed E-state index contributed by atoms with van der Waals surface area (Å²) >= 11 is 0. The first-order valence-corrected chi connectivity index (χ1v) is 9.70. The summed E-state index contributed by atoms with van der Waals surface area (Å²) in [5.41, 5.74) is 1.78. The number of sulfonamides is 1. The maximum absolute atomic E-state index is 13.3. The van der Waals surface area contributed by atoms with Crippen molar-refractivity contribution in [1.82, 2.24) is 19.4 Å². The Morgan fingerprint density at radius 2 is 1.96 bits per heavy atom. The zero-order valence-corrected chi connectivity index (χ0v) is 14.7. The van der Waals surface area contributed by atoms with Crippen molar-refractivity contribution in [2.24, 2.45) is 18.9 Å². The van der Waals surface area contributed by atoms with Crippen LogP contribution >= 0.6 is 0 Å². The molecule has 1 N–H and O–H groups in total. The molecule has 2 aromatic rings. The largest absolute Gasteiger partial charge is 0.316 e. The molecule has 0 spiro atoms. The van der Waals surface area contributed by atoms with Crippen LogP contribution in [0.5, 0.6) is 0 Å². The van der Waals surface area contributed by atoms with Crippen molar-refractivity contribution < 1.29 is 8.42 Å². The molecule has 2 fully saturated rings. The lowest BCUT2D eigenvalue weighted by Gasteiger charge is -2.27. The van der Waals surface area contributed by atoms with Gasteiger partial charge in [0.1, 0.15) is 0 Å². The van der Waals surface area contributed by atoms with Crippen LogP contribution in [0.1, 0.15) is 17.3 Å². The zero-order chi connectivity index (χ0) is 16.9. The van der Waals surface area contributed by atoms with Gasteiger partial charge in [-0.15, -0.1) is 0 Å². The molecular weight excluding hydrogens is 324 g/mol. The predicted octanol–water partition coefficient (Wildman–Crippen LogP) is 1.31. The van der Waals surface area contributed by atoms with Gasteiger partial charge in [-0.2, -0.15) is 9.40 Å². The molecule has 0 saturated carbocycles. The van der Waals surface area contributed by atoms with Gasteiger partial charge in [0, 0.05) is 20.1 Å². The van der Waals surface area contributed by atoms with E-state index in [0.717, 1.165) is 18.7 Å². The fraction of sp³-hybridized carbons (Fsp3) is 0.471. The Balaban J connectivity index is 1.79. The molecule has 2 aliphatic rings. The summed E-state index contributed by atoms with van der Waals surface area (Å²) in [6.45, 7) is 4.12. The molecule has 24 heavy (non-hydrogen) atoms. The minimum Gasteiger partial charge on any atom is -0.316 e. The Hall–Kier alpha value is -1.70. The lowest BCUT2D eigenvalue weighted by molar-refractivity contribution is 0.343. The van der Waals surface area contributed by atoms with Crippen LogP contribution < -0.4 is 5.32 Å². The Labute approximate surface area is 142 Å². The number of aryl methyl sites for hydroxylation is 2. The molecule has 1 aromatic carbocycles. The van der Waals surface area contributed by atoms with E-state index in [1.165, 1.54) is 4.68 Å². The summed E-state index contributed by atoms with van der Waals surface area (Å²) in [6.07, 6.45) is 0. The highest BCUT2D eigenvalue weighted by molar-refractivity contribution is 7.89. The Morgan fingerprint density at radius 3 is 2.62 bits per heavy atom. The zero-order valence-electron chi connectivity index (χ0n) is 13.9. The summed E-state index contributed by atoms with van der Waals surface area (Å²) in [4.78, 5) is 0. The first-order valence-electron chi connectivity index (χ1n) is 8.26. The molecule has 0 radical (unpaired) electrons. The Kier molecular flexibility index (Phi) is 3.74. The lowest BCUT2D eigenvalue weighted by Crippen LogP contribution is -2.35. The molecule has 0 amide bonds. The second kappa shape index (κ2) is 5.68. The van der Waals surface area contributed by atoms with Gasteiger partial charge in [-0.1, -0.05) is 30.3 Å². The fourth-order valence-corrected chi connectivity index (χ4v) is 6.04. The second-order valence-electron chi connectivity index (χ2n) is 6.76. The number of fused-ring (bicyclic) bond motifs is 1. The van der Waals surface area contributed by atoms with Crippen molar-refractivity contribution in [1.29, 1.82) is 0 Å². The molecule has 3 atom stereocenters. The van der Waals surface area contributed by atoms with Crippen LogP contribution in [0.3, 0.4) is 0 Å². The molecule has 128 valence electrons.